The molecule has 2 atom stereocenters. The lowest BCUT2D eigenvalue weighted by molar-refractivity contribution is 0.475. The fourth-order valence-corrected chi connectivity index (χ4v) is 1.83. The van der Waals surface area contributed by atoms with Crippen molar-refractivity contribution >= 4 is 0 Å². The molecule has 0 radical (unpaired) electrons. The molecule has 80 valence electrons. The molecular formula is C10H20N4. The first-order chi connectivity index (χ1) is 6.65. The van der Waals surface area contributed by atoms with E-state index in [9.17, 15) is 0 Å². The summed E-state index contributed by atoms with van der Waals surface area (Å²) in [6, 6.07) is 0.546. The van der Waals surface area contributed by atoms with Crippen molar-refractivity contribution in [3.63, 3.8) is 0 Å². The highest BCUT2D eigenvalue weighted by Crippen LogP contribution is 2.18. The normalized spacial score (nSPS) is 15.4. The Labute approximate surface area is 85.7 Å². The lowest BCUT2D eigenvalue weighted by Crippen LogP contribution is -2.27. The molecule has 14 heavy (non-hydrogen) atoms. The third kappa shape index (κ3) is 2.80. The van der Waals surface area contributed by atoms with E-state index in [4.69, 9.17) is 0 Å². The Hall–Kier alpha value is -0.900. The molecule has 4 heteroatoms. The second kappa shape index (κ2) is 5.10. The van der Waals surface area contributed by atoms with Crippen LogP contribution in [0.5, 0.6) is 0 Å². The summed E-state index contributed by atoms with van der Waals surface area (Å²) in [5.41, 5.74) is 1.20. The predicted molar refractivity (Wildman–Crippen MR) is 57.2 cm³/mol. The lowest BCUT2D eigenvalue weighted by Gasteiger charge is -2.17. The molecule has 0 aliphatic carbocycles. The van der Waals surface area contributed by atoms with Gasteiger partial charge in [0.1, 0.15) is 0 Å². The molecule has 0 saturated heterocycles. The first-order valence-electron chi connectivity index (χ1n) is 5.23. The zero-order valence-corrected chi connectivity index (χ0v) is 9.49. The molecule has 0 amide bonds. The van der Waals surface area contributed by atoms with Crippen LogP contribution in [0.25, 0.3) is 0 Å². The van der Waals surface area contributed by atoms with Gasteiger partial charge in [0, 0.05) is 19.0 Å². The molecule has 1 rings (SSSR count). The van der Waals surface area contributed by atoms with E-state index >= 15 is 0 Å². The van der Waals surface area contributed by atoms with Crippen LogP contribution in [0.4, 0.5) is 0 Å². The van der Waals surface area contributed by atoms with Crippen molar-refractivity contribution in [2.75, 3.05) is 6.54 Å². The highest BCUT2D eigenvalue weighted by atomic mass is 15.4. The summed E-state index contributed by atoms with van der Waals surface area (Å²) < 4.78 is 1.85. The maximum atomic E-state index is 3.94. The van der Waals surface area contributed by atoms with Crippen LogP contribution in [0, 0.1) is 0 Å². The van der Waals surface area contributed by atoms with Crippen molar-refractivity contribution in [2.45, 2.75) is 39.2 Å². The smallest absolute Gasteiger partial charge is 0.0727 e. The van der Waals surface area contributed by atoms with Gasteiger partial charge in [-0.05, 0) is 19.9 Å². The van der Waals surface area contributed by atoms with E-state index in [-0.39, 0.29) is 0 Å². The average molecular weight is 196 g/mol. The SMILES string of the molecule is CCNC(C)CC(C)c1cnnn1C. The quantitative estimate of drug-likeness (QED) is 0.772. The van der Waals surface area contributed by atoms with Crippen LogP contribution in [0.3, 0.4) is 0 Å². The Bertz CT molecular complexity index is 269. The van der Waals surface area contributed by atoms with E-state index in [1.54, 1.807) is 0 Å². The summed E-state index contributed by atoms with van der Waals surface area (Å²) in [7, 11) is 1.94. The Balaban J connectivity index is 2.50. The summed E-state index contributed by atoms with van der Waals surface area (Å²) >= 11 is 0. The molecule has 1 aromatic heterocycles. The molecule has 0 saturated carbocycles. The lowest BCUT2D eigenvalue weighted by atomic mass is 10.00. The Morgan fingerprint density at radius 1 is 1.50 bits per heavy atom. The number of aryl methyl sites for hydroxylation is 1. The zero-order valence-electron chi connectivity index (χ0n) is 9.49. The fourth-order valence-electron chi connectivity index (χ4n) is 1.83. The maximum Gasteiger partial charge on any atom is 0.0727 e. The third-order valence-corrected chi connectivity index (χ3v) is 2.51. The van der Waals surface area contributed by atoms with Gasteiger partial charge in [-0.25, -0.2) is 0 Å². The van der Waals surface area contributed by atoms with Gasteiger partial charge in [0.25, 0.3) is 0 Å². The zero-order chi connectivity index (χ0) is 10.6. The molecule has 2 unspecified atom stereocenters. The molecule has 1 heterocycles. The van der Waals surface area contributed by atoms with Crippen LogP contribution < -0.4 is 5.32 Å². The van der Waals surface area contributed by atoms with Gasteiger partial charge in [-0.2, -0.15) is 0 Å². The Morgan fingerprint density at radius 3 is 2.71 bits per heavy atom. The minimum absolute atomic E-state index is 0.504. The molecule has 4 nitrogen and oxygen atoms in total. The van der Waals surface area contributed by atoms with E-state index in [0.717, 1.165) is 13.0 Å². The fraction of sp³-hybridized carbons (Fsp3) is 0.800. The van der Waals surface area contributed by atoms with E-state index < -0.39 is 0 Å². The van der Waals surface area contributed by atoms with Gasteiger partial charge in [-0.15, -0.1) is 5.10 Å². The van der Waals surface area contributed by atoms with E-state index in [1.807, 2.05) is 17.9 Å². The van der Waals surface area contributed by atoms with Crippen molar-refractivity contribution < 1.29 is 0 Å². The number of nitrogens with one attached hydrogen (secondary N) is 1. The second-order valence-electron chi connectivity index (χ2n) is 3.88. The minimum atomic E-state index is 0.504. The largest absolute Gasteiger partial charge is 0.315 e. The molecule has 0 spiro atoms. The Morgan fingerprint density at radius 2 is 2.21 bits per heavy atom. The summed E-state index contributed by atoms with van der Waals surface area (Å²) in [5.74, 6) is 0.504. The number of rotatable bonds is 5. The Kier molecular flexibility index (Phi) is 4.07. The molecule has 0 aliphatic rings. The number of hydrogen-bond acceptors (Lipinski definition) is 3. The van der Waals surface area contributed by atoms with Gasteiger partial charge < -0.3 is 5.32 Å². The van der Waals surface area contributed by atoms with Crippen molar-refractivity contribution in [1.82, 2.24) is 20.3 Å². The monoisotopic (exact) mass is 196 g/mol. The van der Waals surface area contributed by atoms with Crippen molar-refractivity contribution in [1.29, 1.82) is 0 Å². The van der Waals surface area contributed by atoms with Crippen LogP contribution in [0.2, 0.25) is 0 Å². The molecule has 0 bridgehead atoms. The average Bonchev–Trinajstić information content (AvgIpc) is 2.51. The van der Waals surface area contributed by atoms with Gasteiger partial charge in [0.2, 0.25) is 0 Å². The highest BCUT2D eigenvalue weighted by Gasteiger charge is 2.13. The van der Waals surface area contributed by atoms with Gasteiger partial charge in [-0.1, -0.05) is 19.1 Å². The minimum Gasteiger partial charge on any atom is -0.315 e. The van der Waals surface area contributed by atoms with E-state index in [2.05, 4.69) is 36.4 Å². The standard InChI is InChI=1S/C10H20N4/c1-5-11-9(3)6-8(2)10-7-12-13-14(10)4/h7-9,11H,5-6H2,1-4H3. The van der Waals surface area contributed by atoms with Gasteiger partial charge in [-0.3, -0.25) is 4.68 Å². The van der Waals surface area contributed by atoms with Gasteiger partial charge in [0.05, 0.1) is 11.9 Å². The number of hydrogen-bond donors (Lipinski definition) is 1. The molecule has 0 aromatic carbocycles. The summed E-state index contributed by atoms with van der Waals surface area (Å²) in [6.45, 7) is 7.58. The molecule has 1 N–H and O–H groups in total. The summed E-state index contributed by atoms with van der Waals surface area (Å²) in [6.07, 6.45) is 2.97. The second-order valence-corrected chi connectivity index (χ2v) is 3.88. The van der Waals surface area contributed by atoms with Crippen molar-refractivity contribution in [3.05, 3.63) is 11.9 Å². The van der Waals surface area contributed by atoms with Crippen LogP contribution >= 0.6 is 0 Å². The maximum absolute atomic E-state index is 3.94. The molecule has 0 fully saturated rings. The highest BCUT2D eigenvalue weighted by molar-refractivity contribution is 5.01. The molecule has 1 aromatic rings. The number of nitrogens with zero attached hydrogens (tertiary/aromatic N) is 3. The van der Waals surface area contributed by atoms with Gasteiger partial charge >= 0.3 is 0 Å². The van der Waals surface area contributed by atoms with Crippen molar-refractivity contribution in [2.24, 2.45) is 7.05 Å². The number of aromatic nitrogens is 3. The molecule has 0 aliphatic heterocycles. The van der Waals surface area contributed by atoms with Crippen molar-refractivity contribution in [3.8, 4) is 0 Å². The first-order valence-corrected chi connectivity index (χ1v) is 5.23. The summed E-state index contributed by atoms with van der Waals surface area (Å²) in [4.78, 5) is 0. The summed E-state index contributed by atoms with van der Waals surface area (Å²) in [5, 5.41) is 11.2. The topological polar surface area (TPSA) is 42.7 Å². The van der Waals surface area contributed by atoms with Crippen LogP contribution in [-0.2, 0) is 7.05 Å². The van der Waals surface area contributed by atoms with Crippen LogP contribution in [-0.4, -0.2) is 27.6 Å². The van der Waals surface area contributed by atoms with Crippen LogP contribution in [0.1, 0.15) is 38.8 Å². The van der Waals surface area contributed by atoms with Crippen LogP contribution in [0.15, 0.2) is 6.20 Å². The van der Waals surface area contributed by atoms with Gasteiger partial charge in [0.15, 0.2) is 0 Å². The van der Waals surface area contributed by atoms with E-state index in [0.29, 0.717) is 12.0 Å². The first kappa shape index (κ1) is 11.2. The van der Waals surface area contributed by atoms with E-state index in [1.165, 1.54) is 5.69 Å². The predicted octanol–water partition coefficient (Wildman–Crippen LogP) is 1.31. The third-order valence-electron chi connectivity index (χ3n) is 2.51. The molecular weight excluding hydrogens is 176 g/mol.